The van der Waals surface area contributed by atoms with Gasteiger partial charge in [0.25, 0.3) is 0 Å². The Balaban J connectivity index is 2.40. The van der Waals surface area contributed by atoms with Crippen LogP contribution in [0, 0.1) is 5.41 Å². The predicted molar refractivity (Wildman–Crippen MR) is 131 cm³/mol. The SMILES string of the molecule is C\C=C(C(/C(C)=N/C=C/CC)=C(/C)N1CCN(C(=O)C(C)(C)C)CC1)\c1ccccn1. The number of nitrogens with zero attached hydrogens (tertiary/aromatic N) is 4. The first-order valence-electron chi connectivity index (χ1n) is 11.2. The molecule has 0 spiro atoms. The van der Waals surface area contributed by atoms with Crippen LogP contribution in [-0.2, 0) is 4.79 Å². The van der Waals surface area contributed by atoms with Crippen molar-refractivity contribution < 1.29 is 4.79 Å². The van der Waals surface area contributed by atoms with Crippen molar-refractivity contribution in [3.63, 3.8) is 0 Å². The molecule has 5 nitrogen and oxygen atoms in total. The molecule has 0 radical (unpaired) electrons. The third kappa shape index (κ3) is 6.39. The van der Waals surface area contributed by atoms with Crippen molar-refractivity contribution in [2.75, 3.05) is 26.2 Å². The van der Waals surface area contributed by atoms with E-state index < -0.39 is 0 Å². The van der Waals surface area contributed by atoms with Crippen LogP contribution in [0.15, 0.2) is 59.0 Å². The van der Waals surface area contributed by atoms with Crippen LogP contribution in [0.2, 0.25) is 0 Å². The summed E-state index contributed by atoms with van der Waals surface area (Å²) in [7, 11) is 0. The fraction of sp³-hybridized carbons (Fsp3) is 0.500. The minimum Gasteiger partial charge on any atom is -0.371 e. The summed E-state index contributed by atoms with van der Waals surface area (Å²) in [6.07, 6.45) is 8.84. The summed E-state index contributed by atoms with van der Waals surface area (Å²) in [6.45, 7) is 17.4. The Kier molecular flexibility index (Phi) is 8.78. The lowest BCUT2D eigenvalue weighted by atomic mass is 9.94. The summed E-state index contributed by atoms with van der Waals surface area (Å²) in [6, 6.07) is 5.99. The number of carbonyl (C=O) groups excluding carboxylic acids is 1. The highest BCUT2D eigenvalue weighted by molar-refractivity contribution is 6.12. The number of aromatic nitrogens is 1. The number of hydrogen-bond donors (Lipinski definition) is 0. The maximum atomic E-state index is 12.7. The van der Waals surface area contributed by atoms with E-state index in [4.69, 9.17) is 4.99 Å². The second-order valence-corrected chi connectivity index (χ2v) is 8.91. The Morgan fingerprint density at radius 2 is 1.77 bits per heavy atom. The highest BCUT2D eigenvalue weighted by Crippen LogP contribution is 2.28. The van der Waals surface area contributed by atoms with Crippen LogP contribution in [0.25, 0.3) is 5.57 Å². The molecule has 1 aliphatic heterocycles. The Morgan fingerprint density at radius 3 is 2.29 bits per heavy atom. The lowest BCUT2D eigenvalue weighted by Crippen LogP contribution is -2.51. The van der Waals surface area contributed by atoms with Gasteiger partial charge in [-0.25, -0.2) is 0 Å². The molecule has 31 heavy (non-hydrogen) atoms. The third-order valence-corrected chi connectivity index (χ3v) is 5.51. The molecule has 0 aliphatic carbocycles. The van der Waals surface area contributed by atoms with Gasteiger partial charge in [0.05, 0.1) is 5.69 Å². The molecule has 0 N–H and O–H groups in total. The van der Waals surface area contributed by atoms with Gasteiger partial charge in [0.15, 0.2) is 0 Å². The highest BCUT2D eigenvalue weighted by atomic mass is 16.2. The normalized spacial score (nSPS) is 17.3. The fourth-order valence-electron chi connectivity index (χ4n) is 3.81. The van der Waals surface area contributed by atoms with Crippen LogP contribution in [0.3, 0.4) is 0 Å². The molecular formula is C26H38N4O. The quantitative estimate of drug-likeness (QED) is 0.460. The highest BCUT2D eigenvalue weighted by Gasteiger charge is 2.30. The monoisotopic (exact) mass is 422 g/mol. The summed E-state index contributed by atoms with van der Waals surface area (Å²) < 4.78 is 0. The van der Waals surface area contributed by atoms with E-state index in [0.717, 1.165) is 55.2 Å². The minimum atomic E-state index is -0.343. The molecule has 5 heteroatoms. The maximum absolute atomic E-state index is 12.7. The summed E-state index contributed by atoms with van der Waals surface area (Å²) in [5.74, 6) is 0.221. The molecule has 0 unspecified atom stereocenters. The van der Waals surface area contributed by atoms with Gasteiger partial charge in [-0.15, -0.1) is 0 Å². The largest absolute Gasteiger partial charge is 0.371 e. The van der Waals surface area contributed by atoms with Gasteiger partial charge in [-0.2, -0.15) is 0 Å². The summed E-state index contributed by atoms with van der Waals surface area (Å²) in [4.78, 5) is 26.3. The molecule has 1 aromatic rings. The first-order chi connectivity index (χ1) is 14.7. The molecule has 1 amide bonds. The molecule has 1 fully saturated rings. The second kappa shape index (κ2) is 11.1. The van der Waals surface area contributed by atoms with Crippen molar-refractivity contribution in [3.8, 4) is 0 Å². The van der Waals surface area contributed by atoms with Crippen molar-refractivity contribution in [1.29, 1.82) is 0 Å². The fourth-order valence-corrected chi connectivity index (χ4v) is 3.81. The zero-order chi connectivity index (χ0) is 23.0. The summed E-state index contributed by atoms with van der Waals surface area (Å²) >= 11 is 0. The van der Waals surface area contributed by atoms with E-state index >= 15 is 0 Å². The molecule has 168 valence electrons. The number of allylic oxidation sites excluding steroid dienone is 5. The van der Waals surface area contributed by atoms with Crippen LogP contribution >= 0.6 is 0 Å². The molecule has 0 atom stereocenters. The maximum Gasteiger partial charge on any atom is 0.228 e. The number of carbonyl (C=O) groups is 1. The first kappa shape index (κ1) is 24.6. The van der Waals surface area contributed by atoms with E-state index in [0.29, 0.717) is 0 Å². The number of pyridine rings is 1. The molecule has 2 rings (SSSR count). The smallest absolute Gasteiger partial charge is 0.228 e. The van der Waals surface area contributed by atoms with Gasteiger partial charge < -0.3 is 9.80 Å². The van der Waals surface area contributed by atoms with Gasteiger partial charge in [-0.3, -0.25) is 14.8 Å². The van der Waals surface area contributed by atoms with E-state index in [1.54, 1.807) is 0 Å². The van der Waals surface area contributed by atoms with Gasteiger partial charge >= 0.3 is 0 Å². The Labute approximate surface area is 188 Å². The predicted octanol–water partition coefficient (Wildman–Crippen LogP) is 5.33. The molecule has 1 aromatic heterocycles. The number of piperazine rings is 1. The number of rotatable bonds is 6. The van der Waals surface area contributed by atoms with E-state index in [-0.39, 0.29) is 11.3 Å². The van der Waals surface area contributed by atoms with E-state index in [2.05, 4.69) is 42.8 Å². The van der Waals surface area contributed by atoms with Crippen molar-refractivity contribution in [2.45, 2.75) is 54.9 Å². The number of hydrogen-bond acceptors (Lipinski definition) is 4. The van der Waals surface area contributed by atoms with Crippen molar-refractivity contribution in [2.24, 2.45) is 10.4 Å². The standard InChI is InChI=1S/C26H38N4O/c1-8-10-14-27-20(3)24(22(9-2)23-13-11-12-15-28-23)21(4)29-16-18-30(19-17-29)25(31)26(5,6)7/h9-15H,8,16-19H2,1-7H3/b14-10+,22-9-,24-21-,27-20+. The van der Waals surface area contributed by atoms with Gasteiger partial charge in [0.1, 0.15) is 0 Å². The first-order valence-corrected chi connectivity index (χ1v) is 11.2. The molecular weight excluding hydrogens is 384 g/mol. The second-order valence-electron chi connectivity index (χ2n) is 8.91. The Morgan fingerprint density at radius 1 is 1.13 bits per heavy atom. The van der Waals surface area contributed by atoms with Crippen LogP contribution in [0.5, 0.6) is 0 Å². The van der Waals surface area contributed by atoms with Crippen molar-refractivity contribution >= 4 is 17.2 Å². The zero-order valence-corrected chi connectivity index (χ0v) is 20.3. The Hall–Kier alpha value is -2.69. The third-order valence-electron chi connectivity index (χ3n) is 5.51. The average Bonchev–Trinajstić information content (AvgIpc) is 2.76. The number of amides is 1. The van der Waals surface area contributed by atoms with Crippen LogP contribution in [-0.4, -0.2) is 52.6 Å². The van der Waals surface area contributed by atoms with E-state index in [1.165, 1.54) is 5.70 Å². The topological polar surface area (TPSA) is 48.8 Å². The molecule has 1 aliphatic rings. The van der Waals surface area contributed by atoms with Crippen molar-refractivity contribution in [3.05, 3.63) is 59.7 Å². The minimum absolute atomic E-state index is 0.221. The van der Waals surface area contributed by atoms with Gasteiger partial charge in [0.2, 0.25) is 5.91 Å². The van der Waals surface area contributed by atoms with Gasteiger partial charge in [-0.05, 0) is 39.3 Å². The Bertz CT molecular complexity index is 864. The number of aliphatic imine (C=N–C) groups is 1. The lowest BCUT2D eigenvalue weighted by molar-refractivity contribution is -0.141. The molecule has 2 heterocycles. The zero-order valence-electron chi connectivity index (χ0n) is 20.3. The summed E-state index contributed by atoms with van der Waals surface area (Å²) in [5.41, 5.74) is 4.93. The van der Waals surface area contributed by atoms with Gasteiger partial charge in [0, 0.05) is 66.5 Å². The van der Waals surface area contributed by atoms with Gasteiger partial charge in [-0.1, -0.05) is 45.9 Å². The van der Waals surface area contributed by atoms with E-state index in [9.17, 15) is 4.79 Å². The molecule has 1 saturated heterocycles. The van der Waals surface area contributed by atoms with Crippen LogP contribution < -0.4 is 0 Å². The molecule has 0 bridgehead atoms. The molecule has 0 saturated carbocycles. The summed E-state index contributed by atoms with van der Waals surface area (Å²) in [5, 5.41) is 0. The average molecular weight is 423 g/mol. The molecule has 0 aromatic carbocycles. The van der Waals surface area contributed by atoms with Crippen molar-refractivity contribution in [1.82, 2.24) is 14.8 Å². The van der Waals surface area contributed by atoms with Crippen LogP contribution in [0.1, 0.15) is 60.6 Å². The lowest BCUT2D eigenvalue weighted by Gasteiger charge is -2.39. The van der Waals surface area contributed by atoms with Crippen LogP contribution in [0.4, 0.5) is 0 Å². The van der Waals surface area contributed by atoms with E-state index in [1.807, 2.05) is 63.2 Å².